The average molecular weight is 401 g/mol. The van der Waals surface area contributed by atoms with E-state index in [9.17, 15) is 9.50 Å². The summed E-state index contributed by atoms with van der Waals surface area (Å²) in [5.41, 5.74) is 6.00. The highest BCUT2D eigenvalue weighted by Gasteiger charge is 2.18. The van der Waals surface area contributed by atoms with Gasteiger partial charge in [0.15, 0.2) is 5.13 Å². The number of aromatic hydroxyl groups is 1. The highest BCUT2D eigenvalue weighted by molar-refractivity contribution is 7.49. The molecule has 1 atom stereocenters. The first kappa shape index (κ1) is 18.4. The molecule has 1 aromatic carbocycles. The van der Waals surface area contributed by atoms with Gasteiger partial charge in [0.2, 0.25) is 0 Å². The number of nitrogens with one attached hydrogen (secondary N) is 1. The summed E-state index contributed by atoms with van der Waals surface area (Å²) >= 11 is 7.46. The maximum Gasteiger partial charge on any atom is 0.185 e. The number of thiazole rings is 1. The van der Waals surface area contributed by atoms with Crippen LogP contribution < -0.4 is 16.4 Å². The van der Waals surface area contributed by atoms with E-state index in [1.807, 2.05) is 5.80 Å². The summed E-state index contributed by atoms with van der Waals surface area (Å²) in [5.74, 6) is 1.52. The average Bonchev–Trinajstić information content (AvgIpc) is 2.86. The van der Waals surface area contributed by atoms with Gasteiger partial charge in [0, 0.05) is 18.7 Å². The van der Waals surface area contributed by atoms with E-state index < -0.39 is 5.82 Å². The zero-order valence-electron chi connectivity index (χ0n) is 13.7. The quantitative estimate of drug-likeness (QED) is 0.687. The third kappa shape index (κ3) is 4.61. The van der Waals surface area contributed by atoms with E-state index in [0.29, 0.717) is 25.4 Å². The van der Waals surface area contributed by atoms with Gasteiger partial charge in [-0.15, -0.1) is 0 Å². The molecule has 1 aliphatic rings. The Morgan fingerprint density at radius 2 is 2.36 bits per heavy atom. The maximum absolute atomic E-state index is 13.2. The third-order valence-corrected chi connectivity index (χ3v) is 6.62. The Morgan fingerprint density at radius 3 is 3.08 bits per heavy atom. The summed E-state index contributed by atoms with van der Waals surface area (Å²) in [4.78, 5) is 7.47. The molecular weight excluding hydrogens is 382 g/mol. The Hall–Kier alpha value is -1.40. The second kappa shape index (κ2) is 7.87. The number of halogens is 2. The molecule has 9 heteroatoms. The van der Waals surface area contributed by atoms with Crippen molar-refractivity contribution in [2.75, 3.05) is 31.2 Å². The fourth-order valence-electron chi connectivity index (χ4n) is 2.76. The number of likely N-dealkylation sites (tertiary alicyclic amines) is 1. The van der Waals surface area contributed by atoms with Crippen LogP contribution in [0.1, 0.15) is 17.7 Å². The number of nitrogens with zero attached hydrogens (tertiary/aromatic N) is 2. The van der Waals surface area contributed by atoms with E-state index in [1.54, 1.807) is 0 Å². The van der Waals surface area contributed by atoms with Crippen LogP contribution in [-0.4, -0.2) is 47.0 Å². The third-order valence-electron chi connectivity index (χ3n) is 3.95. The molecule has 1 unspecified atom stereocenters. The van der Waals surface area contributed by atoms with Crippen LogP contribution in [0.5, 0.6) is 5.75 Å². The van der Waals surface area contributed by atoms with Crippen molar-refractivity contribution in [1.29, 1.82) is 0 Å². The molecule has 4 N–H and O–H groups in total. The molecule has 0 radical (unpaired) electrons. The number of phenolic OH excluding ortho intramolecular Hbond substituents is 1. The highest BCUT2D eigenvalue weighted by Crippen LogP contribution is 2.28. The molecule has 0 aliphatic carbocycles. The molecule has 0 spiro atoms. The minimum atomic E-state index is -0.567. The second-order valence-corrected chi connectivity index (χ2v) is 8.43. The largest absolute Gasteiger partial charge is 0.507 e. The van der Waals surface area contributed by atoms with Gasteiger partial charge in [-0.3, -0.25) is 0 Å². The summed E-state index contributed by atoms with van der Waals surface area (Å²) in [6.07, 6.45) is 2.27. The Labute approximate surface area is 156 Å². The predicted molar refractivity (Wildman–Crippen MR) is 105 cm³/mol. The minimum absolute atomic E-state index is 0.172. The van der Waals surface area contributed by atoms with Gasteiger partial charge in [0.1, 0.15) is 17.4 Å². The van der Waals surface area contributed by atoms with Crippen LogP contribution in [-0.2, 0) is 0 Å². The van der Waals surface area contributed by atoms with Crippen LogP contribution in [0.4, 0.5) is 15.3 Å². The number of rotatable bonds is 4. The van der Waals surface area contributed by atoms with Gasteiger partial charge in [0.25, 0.3) is 0 Å². The van der Waals surface area contributed by atoms with Crippen molar-refractivity contribution in [3.63, 3.8) is 0 Å². The Kier molecular flexibility index (Phi) is 5.79. The maximum atomic E-state index is 13.2. The zero-order valence-corrected chi connectivity index (χ0v) is 16.1. The van der Waals surface area contributed by atoms with E-state index in [2.05, 4.69) is 22.2 Å². The Morgan fingerprint density at radius 1 is 1.56 bits per heavy atom. The summed E-state index contributed by atoms with van der Waals surface area (Å²) in [6, 6.07) is 2.59. The monoisotopic (exact) mass is 400 g/mol. The molecule has 2 aromatic rings. The first-order valence-electron chi connectivity index (χ1n) is 7.86. The van der Waals surface area contributed by atoms with Gasteiger partial charge in [-0.2, -0.15) is 0 Å². The number of hydrogen-bond donors (Lipinski definition) is 3. The van der Waals surface area contributed by atoms with Crippen molar-refractivity contribution in [3.05, 3.63) is 27.8 Å². The number of anilines is 2. The molecule has 134 valence electrons. The molecule has 5 nitrogen and oxygen atoms in total. The van der Waals surface area contributed by atoms with Crippen LogP contribution >= 0.6 is 31.1 Å². The van der Waals surface area contributed by atoms with E-state index >= 15 is 0 Å². The lowest BCUT2D eigenvalue weighted by Crippen LogP contribution is -2.39. The smallest absolute Gasteiger partial charge is 0.185 e. The van der Waals surface area contributed by atoms with E-state index in [4.69, 9.17) is 17.3 Å². The van der Waals surface area contributed by atoms with Crippen molar-refractivity contribution >= 4 is 53.2 Å². The number of aromatic nitrogens is 1. The van der Waals surface area contributed by atoms with E-state index in [1.165, 1.54) is 17.4 Å². The lowest BCUT2D eigenvalue weighted by molar-refractivity contribution is 0.261. The molecule has 0 bridgehead atoms. The van der Waals surface area contributed by atoms with Gasteiger partial charge in [-0.25, -0.2) is 9.37 Å². The summed E-state index contributed by atoms with van der Waals surface area (Å²) in [5, 5.41) is 14.7. The Bertz CT molecular complexity index is 777. The lowest BCUT2D eigenvalue weighted by Gasteiger charge is -2.29. The molecule has 1 aliphatic heterocycles. The fourth-order valence-corrected chi connectivity index (χ4v) is 4.97. The number of likely N-dealkylation sites (N-methyl/N-ethyl adjacent to an activating group) is 1. The molecule has 1 aromatic heterocycles. The fraction of sp³-hybridized carbons (Fsp3) is 0.375. The van der Waals surface area contributed by atoms with Crippen LogP contribution in [0.3, 0.4) is 0 Å². The minimum Gasteiger partial charge on any atom is -0.507 e. The lowest BCUT2D eigenvalue weighted by atomic mass is 10.1. The van der Waals surface area contributed by atoms with Crippen molar-refractivity contribution < 1.29 is 9.50 Å². The van der Waals surface area contributed by atoms with Crippen molar-refractivity contribution in [3.8, 4) is 5.75 Å². The van der Waals surface area contributed by atoms with Crippen LogP contribution in [0.2, 0.25) is 5.02 Å². The number of piperidine rings is 1. The first-order chi connectivity index (χ1) is 11.9. The van der Waals surface area contributed by atoms with E-state index in [0.717, 1.165) is 42.0 Å². The van der Waals surface area contributed by atoms with Gasteiger partial charge >= 0.3 is 0 Å². The van der Waals surface area contributed by atoms with Gasteiger partial charge < -0.3 is 21.1 Å². The topological polar surface area (TPSA) is 74.4 Å². The zero-order chi connectivity index (χ0) is 18.0. The number of phenols is 1. The summed E-state index contributed by atoms with van der Waals surface area (Å²) in [7, 11) is 2.74. The molecule has 3 rings (SSSR count). The predicted octanol–water partition coefficient (Wildman–Crippen LogP) is 3.15. The molecular formula is C16H19ClFN4OPS. The number of nitrogens with two attached hydrogens (primary N) is 1. The molecule has 1 saturated heterocycles. The van der Waals surface area contributed by atoms with Crippen LogP contribution in [0, 0.1) is 5.82 Å². The second-order valence-electron chi connectivity index (χ2n) is 6.03. The molecule has 2 heterocycles. The van der Waals surface area contributed by atoms with Crippen molar-refractivity contribution in [2.24, 2.45) is 0 Å². The van der Waals surface area contributed by atoms with Crippen molar-refractivity contribution in [1.82, 2.24) is 9.88 Å². The normalized spacial score (nSPS) is 18.8. The van der Waals surface area contributed by atoms with E-state index in [-0.39, 0.29) is 10.8 Å². The number of hydrogen-bond acceptors (Lipinski definition) is 6. The van der Waals surface area contributed by atoms with Crippen molar-refractivity contribution in [2.45, 2.75) is 18.9 Å². The summed E-state index contributed by atoms with van der Waals surface area (Å²) < 4.78 is 13.2. The van der Waals surface area contributed by atoms with Crippen LogP contribution in [0.25, 0.3) is 0 Å². The van der Waals surface area contributed by atoms with Crippen LogP contribution in [0.15, 0.2) is 12.1 Å². The van der Waals surface area contributed by atoms with Gasteiger partial charge in [0.05, 0.1) is 15.2 Å². The SMILES string of the molecule is CN1CCCC(Nc2nc(N)c(C=Pc3c(O)cc(F)cc3Cl)s2)C1. The van der Waals surface area contributed by atoms with Gasteiger partial charge in [-0.1, -0.05) is 31.1 Å². The molecule has 25 heavy (non-hydrogen) atoms. The highest BCUT2D eigenvalue weighted by atomic mass is 35.5. The number of benzene rings is 1. The van der Waals surface area contributed by atoms with Gasteiger partial charge in [-0.05, 0) is 38.3 Å². The first-order valence-corrected chi connectivity index (χ1v) is 10.0. The Balaban J connectivity index is 1.74. The summed E-state index contributed by atoms with van der Waals surface area (Å²) in [6.45, 7) is 2.11. The standard InChI is InChI=1S/C16H19ClFN4OPS/c1-22-4-2-3-10(7-22)20-16-21-15(19)13(25-16)8-24-14-11(17)5-9(18)6-12(14)23/h5-6,8,10,23H,2-4,7,19H2,1H3,(H,20,21). The molecule has 0 saturated carbocycles. The molecule has 0 amide bonds. The molecule has 1 fully saturated rings. The number of nitrogen functional groups attached to an aromatic ring is 1.